The number of carbonyl (C=O) groups excluding carboxylic acids is 2. The minimum Gasteiger partial charge on any atom is -0.497 e. The van der Waals surface area contributed by atoms with Crippen LogP contribution < -0.4 is 20.1 Å². The van der Waals surface area contributed by atoms with Gasteiger partial charge in [0, 0.05) is 23.0 Å². The van der Waals surface area contributed by atoms with Gasteiger partial charge in [0.05, 0.1) is 17.2 Å². The maximum Gasteiger partial charge on any atom is 0.394 e. The van der Waals surface area contributed by atoms with Crippen molar-refractivity contribution in [2.75, 3.05) is 17.7 Å². The van der Waals surface area contributed by atoms with Crippen molar-refractivity contribution in [3.8, 4) is 17.2 Å². The van der Waals surface area contributed by atoms with Crippen LogP contribution in [-0.2, 0) is 9.59 Å². The molecule has 0 saturated heterocycles. The highest BCUT2D eigenvalue weighted by molar-refractivity contribution is 6.39. The molecule has 3 aromatic carbocycles. The van der Waals surface area contributed by atoms with Gasteiger partial charge in [-0.3, -0.25) is 9.59 Å². The number of carboxylic acid groups (broad SMARTS) is 1. The molecule has 3 aromatic rings. The van der Waals surface area contributed by atoms with Crippen LogP contribution in [0.15, 0.2) is 42.5 Å². The van der Waals surface area contributed by atoms with Crippen LogP contribution >= 0.6 is 23.2 Å². The Morgan fingerprint density at radius 3 is 1.97 bits per heavy atom. The highest BCUT2D eigenvalue weighted by Gasteiger charge is 2.18. The maximum atomic E-state index is 13.7. The highest BCUT2D eigenvalue weighted by Crippen LogP contribution is 2.41. The molecular weight excluding hydrogens is 502 g/mol. The lowest BCUT2D eigenvalue weighted by Gasteiger charge is -2.17. The van der Waals surface area contributed by atoms with E-state index >= 15 is 0 Å². The maximum absolute atomic E-state index is 13.7. The molecule has 35 heavy (non-hydrogen) atoms. The van der Waals surface area contributed by atoms with E-state index in [0.29, 0.717) is 22.6 Å². The summed E-state index contributed by atoms with van der Waals surface area (Å²) in [5, 5.41) is 13.7. The number of amides is 2. The van der Waals surface area contributed by atoms with Gasteiger partial charge in [-0.15, -0.1) is 0 Å². The number of halogens is 3. The quantitative estimate of drug-likeness (QED) is 0.352. The molecular formula is C24H19Cl2FN2O6. The van der Waals surface area contributed by atoms with Crippen LogP contribution in [0.4, 0.5) is 15.8 Å². The van der Waals surface area contributed by atoms with Crippen LogP contribution in [0.2, 0.25) is 10.0 Å². The first-order chi connectivity index (χ1) is 16.5. The number of hydrogen-bond donors (Lipinski definition) is 3. The Labute approximate surface area is 209 Å². The van der Waals surface area contributed by atoms with Gasteiger partial charge in [-0.1, -0.05) is 23.2 Å². The summed E-state index contributed by atoms with van der Waals surface area (Å²) in [6.07, 6.45) is 0. The molecule has 0 aliphatic carbocycles. The smallest absolute Gasteiger partial charge is 0.394 e. The van der Waals surface area contributed by atoms with Gasteiger partial charge >= 0.3 is 11.9 Å². The summed E-state index contributed by atoms with van der Waals surface area (Å²) in [4.78, 5) is 34.7. The van der Waals surface area contributed by atoms with E-state index in [1.165, 1.54) is 31.4 Å². The summed E-state index contributed by atoms with van der Waals surface area (Å²) in [6, 6.07) is 9.59. The number of nitrogens with one attached hydrogen (secondary N) is 2. The van der Waals surface area contributed by atoms with E-state index in [-0.39, 0.29) is 32.8 Å². The van der Waals surface area contributed by atoms with Crippen molar-refractivity contribution >= 4 is 52.4 Å². The van der Waals surface area contributed by atoms with Gasteiger partial charge in [0.25, 0.3) is 5.91 Å². The predicted molar refractivity (Wildman–Crippen MR) is 130 cm³/mol. The highest BCUT2D eigenvalue weighted by atomic mass is 35.5. The second-order valence-electron chi connectivity index (χ2n) is 7.40. The van der Waals surface area contributed by atoms with Crippen LogP contribution in [0.25, 0.3) is 0 Å². The lowest BCUT2D eigenvalue weighted by Crippen LogP contribution is -2.21. The third-order valence-corrected chi connectivity index (χ3v) is 5.30. The number of aliphatic carboxylic acids is 1. The molecule has 0 unspecified atom stereocenters. The van der Waals surface area contributed by atoms with E-state index in [1.54, 1.807) is 26.0 Å². The molecule has 0 atom stereocenters. The zero-order valence-electron chi connectivity index (χ0n) is 18.7. The first-order valence-corrected chi connectivity index (χ1v) is 10.7. The molecule has 11 heteroatoms. The first kappa shape index (κ1) is 25.8. The van der Waals surface area contributed by atoms with Gasteiger partial charge < -0.3 is 25.2 Å². The van der Waals surface area contributed by atoms with E-state index in [0.717, 1.165) is 6.07 Å². The van der Waals surface area contributed by atoms with E-state index < -0.39 is 23.6 Å². The number of anilines is 2. The third kappa shape index (κ3) is 6.20. The first-order valence-electron chi connectivity index (χ1n) is 9.96. The van der Waals surface area contributed by atoms with Crippen molar-refractivity contribution in [3.63, 3.8) is 0 Å². The van der Waals surface area contributed by atoms with Crippen LogP contribution in [0, 0.1) is 19.7 Å². The lowest BCUT2D eigenvalue weighted by molar-refractivity contribution is -0.147. The number of methoxy groups -OCH3 is 1. The molecule has 3 N–H and O–H groups in total. The predicted octanol–water partition coefficient (Wildman–Crippen LogP) is 5.83. The topological polar surface area (TPSA) is 114 Å². The summed E-state index contributed by atoms with van der Waals surface area (Å²) >= 11 is 12.5. The normalized spacial score (nSPS) is 10.5. The number of benzene rings is 3. The molecule has 8 nitrogen and oxygen atoms in total. The number of carbonyl (C=O) groups is 3. The number of carboxylic acids is 1. The molecule has 0 aromatic heterocycles. The Hall–Kier alpha value is -3.82. The molecule has 0 bridgehead atoms. The Kier molecular flexibility index (Phi) is 7.83. The molecule has 182 valence electrons. The Bertz CT molecular complexity index is 1300. The molecule has 0 fully saturated rings. The van der Waals surface area contributed by atoms with E-state index in [4.69, 9.17) is 37.8 Å². The zero-order chi connectivity index (χ0) is 25.9. The summed E-state index contributed by atoms with van der Waals surface area (Å²) in [5.41, 5.74) is 1.89. The van der Waals surface area contributed by atoms with Crippen molar-refractivity contribution in [3.05, 3.63) is 75.0 Å². The Balaban J connectivity index is 1.83. The average molecular weight is 521 g/mol. The average Bonchev–Trinajstić information content (AvgIpc) is 2.77. The molecule has 0 radical (unpaired) electrons. The lowest BCUT2D eigenvalue weighted by atomic mass is 10.1. The van der Waals surface area contributed by atoms with Crippen LogP contribution in [0.1, 0.15) is 21.5 Å². The Morgan fingerprint density at radius 1 is 0.857 bits per heavy atom. The van der Waals surface area contributed by atoms with E-state index in [2.05, 4.69) is 10.6 Å². The fraction of sp³-hybridized carbons (Fsp3) is 0.125. The SMILES string of the molecule is COc1cc(F)cc(C(=O)Nc2cc(C)c(Oc3c(Cl)cc(NC(=O)C(=O)O)cc3Cl)c(C)c2)c1. The van der Waals surface area contributed by atoms with Crippen LogP contribution in [-0.4, -0.2) is 30.0 Å². The molecule has 2 amide bonds. The third-order valence-electron chi connectivity index (χ3n) is 4.74. The summed E-state index contributed by atoms with van der Waals surface area (Å²) in [5.74, 6) is -3.31. The molecule has 3 rings (SSSR count). The van der Waals surface area contributed by atoms with Crippen molar-refractivity contribution < 1.29 is 33.4 Å². The number of aryl methyl sites for hydroxylation is 2. The molecule has 0 heterocycles. The minimum atomic E-state index is -1.66. The molecule has 0 aliphatic heterocycles. The van der Waals surface area contributed by atoms with E-state index in [9.17, 15) is 18.8 Å². The summed E-state index contributed by atoms with van der Waals surface area (Å²) in [7, 11) is 1.38. The molecule has 0 aliphatic rings. The fourth-order valence-corrected chi connectivity index (χ4v) is 3.78. The number of ether oxygens (including phenoxy) is 2. The minimum absolute atomic E-state index is 0.0365. The van der Waals surface area contributed by atoms with Gasteiger partial charge in [-0.25, -0.2) is 9.18 Å². The fourth-order valence-electron chi connectivity index (χ4n) is 3.21. The zero-order valence-corrected chi connectivity index (χ0v) is 20.2. The standard InChI is InChI=1S/C24H19Cl2FN2O6/c1-11-4-15(28-22(30)13-6-14(27)8-17(7-13)34-3)5-12(2)20(11)35-21-18(25)9-16(10-19(21)26)29-23(31)24(32)33/h4-10H,1-3H3,(H,28,30)(H,29,31)(H,32,33). The van der Waals surface area contributed by atoms with Gasteiger partial charge in [0.1, 0.15) is 17.3 Å². The number of rotatable bonds is 6. The van der Waals surface area contributed by atoms with E-state index in [1.807, 2.05) is 0 Å². The second-order valence-corrected chi connectivity index (χ2v) is 8.22. The summed E-state index contributed by atoms with van der Waals surface area (Å²) in [6.45, 7) is 3.49. The van der Waals surface area contributed by atoms with Crippen LogP contribution in [0.3, 0.4) is 0 Å². The molecule has 0 spiro atoms. The van der Waals surface area contributed by atoms with Gasteiger partial charge in [0.15, 0.2) is 5.75 Å². The van der Waals surface area contributed by atoms with Crippen molar-refractivity contribution in [2.45, 2.75) is 13.8 Å². The van der Waals surface area contributed by atoms with Gasteiger partial charge in [-0.2, -0.15) is 0 Å². The van der Waals surface area contributed by atoms with Crippen molar-refractivity contribution in [2.24, 2.45) is 0 Å². The monoisotopic (exact) mass is 520 g/mol. The number of hydrogen-bond acceptors (Lipinski definition) is 5. The summed E-state index contributed by atoms with van der Waals surface area (Å²) < 4.78 is 24.7. The van der Waals surface area contributed by atoms with Crippen molar-refractivity contribution in [1.82, 2.24) is 0 Å². The molecule has 0 saturated carbocycles. The van der Waals surface area contributed by atoms with Crippen LogP contribution in [0.5, 0.6) is 17.2 Å². The Morgan fingerprint density at radius 2 is 1.43 bits per heavy atom. The second kappa shape index (κ2) is 10.6. The largest absolute Gasteiger partial charge is 0.497 e. The van der Waals surface area contributed by atoms with Crippen molar-refractivity contribution in [1.29, 1.82) is 0 Å². The van der Waals surface area contributed by atoms with Gasteiger partial charge in [-0.05, 0) is 61.4 Å². The van der Waals surface area contributed by atoms with Gasteiger partial charge in [0.2, 0.25) is 0 Å².